The lowest BCUT2D eigenvalue weighted by atomic mass is 10.1. The van der Waals surface area contributed by atoms with Gasteiger partial charge < -0.3 is 0 Å². The highest BCUT2D eigenvalue weighted by Crippen LogP contribution is 2.09. The van der Waals surface area contributed by atoms with Crippen molar-refractivity contribution in [3.8, 4) is 11.8 Å². The molecule has 0 saturated heterocycles. The zero-order valence-electron chi connectivity index (χ0n) is 16.2. The van der Waals surface area contributed by atoms with Crippen molar-refractivity contribution in [2.45, 2.75) is 52.4 Å². The molecule has 0 fully saturated rings. The van der Waals surface area contributed by atoms with Gasteiger partial charge in [0.25, 0.3) is 0 Å². The van der Waals surface area contributed by atoms with Gasteiger partial charge in [-0.15, -0.1) is 0 Å². The van der Waals surface area contributed by atoms with E-state index in [1.54, 1.807) is 0 Å². The van der Waals surface area contributed by atoms with Crippen molar-refractivity contribution in [2.75, 3.05) is 0 Å². The molecule has 0 aliphatic carbocycles. The highest BCUT2D eigenvalue weighted by molar-refractivity contribution is 5.44. The molecule has 0 aromatic heterocycles. The van der Waals surface area contributed by atoms with E-state index < -0.39 is 0 Å². The van der Waals surface area contributed by atoms with Crippen LogP contribution >= 0.6 is 0 Å². The van der Waals surface area contributed by atoms with Gasteiger partial charge in [0.05, 0.1) is 0 Å². The third-order valence-corrected chi connectivity index (χ3v) is 4.26. The minimum atomic E-state index is 1.08. The molecule has 0 nitrogen and oxygen atoms in total. The average molecular weight is 343 g/mol. The number of hydrogen-bond acceptors (Lipinski definition) is 0. The van der Waals surface area contributed by atoms with Crippen LogP contribution < -0.4 is 0 Å². The molecule has 0 radical (unpaired) electrons. The maximum atomic E-state index is 3.27. The van der Waals surface area contributed by atoms with Gasteiger partial charge in [-0.3, -0.25) is 0 Å². The van der Waals surface area contributed by atoms with Crippen molar-refractivity contribution < 1.29 is 0 Å². The topological polar surface area (TPSA) is 0 Å². The summed E-state index contributed by atoms with van der Waals surface area (Å²) in [4.78, 5) is 0. The van der Waals surface area contributed by atoms with Crippen LogP contribution in [-0.4, -0.2) is 0 Å². The summed E-state index contributed by atoms with van der Waals surface area (Å²) in [5.41, 5.74) is 4.90. The summed E-state index contributed by atoms with van der Waals surface area (Å²) < 4.78 is 0. The summed E-state index contributed by atoms with van der Waals surface area (Å²) in [7, 11) is 0. The van der Waals surface area contributed by atoms with Crippen LogP contribution in [0, 0.1) is 11.8 Å². The third kappa shape index (κ3) is 7.58. The van der Waals surface area contributed by atoms with Gasteiger partial charge in [-0.05, 0) is 73.9 Å². The van der Waals surface area contributed by atoms with E-state index in [1.165, 1.54) is 11.1 Å². The van der Waals surface area contributed by atoms with Gasteiger partial charge in [0.15, 0.2) is 0 Å². The molecule has 0 heterocycles. The normalized spacial score (nSPS) is 11.0. The number of hydrogen-bond donors (Lipinski definition) is 0. The van der Waals surface area contributed by atoms with Gasteiger partial charge in [-0.2, -0.15) is 0 Å². The van der Waals surface area contributed by atoms with Crippen LogP contribution in [0.2, 0.25) is 0 Å². The predicted molar refractivity (Wildman–Crippen MR) is 114 cm³/mol. The van der Waals surface area contributed by atoms with Gasteiger partial charge >= 0.3 is 0 Å². The quantitative estimate of drug-likeness (QED) is 0.362. The Hall–Kier alpha value is -2.52. The Bertz CT molecular complexity index is 681. The first-order chi connectivity index (χ1) is 12.8. The molecule has 0 N–H and O–H groups in total. The van der Waals surface area contributed by atoms with Crippen molar-refractivity contribution in [2.24, 2.45) is 0 Å². The molecule has 26 heavy (non-hydrogen) atoms. The summed E-state index contributed by atoms with van der Waals surface area (Å²) in [6.45, 7) is 4.34. The lowest BCUT2D eigenvalue weighted by Crippen LogP contribution is -1.85. The number of aryl methyl sites for hydroxylation is 2. The Morgan fingerprint density at radius 1 is 0.577 bits per heavy atom. The SMILES string of the molecule is CCC=CCCc1ccc(C#Cc2ccc(CCC=CCC)cc2)cc1. The van der Waals surface area contributed by atoms with E-state index in [2.05, 4.69) is 98.5 Å². The van der Waals surface area contributed by atoms with Crippen molar-refractivity contribution in [3.63, 3.8) is 0 Å². The largest absolute Gasteiger partial charge is 0.0888 e. The first-order valence-electron chi connectivity index (χ1n) is 9.81. The van der Waals surface area contributed by atoms with Gasteiger partial charge in [-0.25, -0.2) is 0 Å². The van der Waals surface area contributed by atoms with Crippen molar-refractivity contribution in [3.05, 3.63) is 95.1 Å². The summed E-state index contributed by atoms with van der Waals surface area (Å²) in [6, 6.07) is 17.3. The van der Waals surface area contributed by atoms with E-state index in [-0.39, 0.29) is 0 Å². The molecule has 2 rings (SSSR count). The summed E-state index contributed by atoms with van der Waals surface area (Å²) in [6.07, 6.45) is 15.6. The smallest absolute Gasteiger partial charge is 0.0249 e. The fourth-order valence-corrected chi connectivity index (χ4v) is 2.72. The molecule has 0 saturated carbocycles. The Balaban J connectivity index is 1.88. The van der Waals surface area contributed by atoms with Gasteiger partial charge in [0.1, 0.15) is 0 Å². The predicted octanol–water partition coefficient (Wildman–Crippen LogP) is 6.88. The molecular formula is C26H30. The number of rotatable bonds is 8. The summed E-state index contributed by atoms with van der Waals surface area (Å²) in [5, 5.41) is 0. The molecule has 0 aliphatic heterocycles. The first-order valence-corrected chi connectivity index (χ1v) is 9.81. The summed E-state index contributed by atoms with van der Waals surface area (Å²) >= 11 is 0. The highest BCUT2D eigenvalue weighted by Gasteiger charge is 1.94. The maximum absolute atomic E-state index is 3.27. The molecule has 0 unspecified atom stereocenters. The van der Waals surface area contributed by atoms with E-state index in [9.17, 15) is 0 Å². The van der Waals surface area contributed by atoms with Gasteiger partial charge in [-0.1, -0.05) is 74.3 Å². The lowest BCUT2D eigenvalue weighted by Gasteiger charge is -1.99. The van der Waals surface area contributed by atoms with E-state index in [1.807, 2.05) is 0 Å². The first kappa shape index (κ1) is 19.8. The van der Waals surface area contributed by atoms with E-state index in [4.69, 9.17) is 0 Å². The molecule has 0 amide bonds. The van der Waals surface area contributed by atoms with E-state index >= 15 is 0 Å². The molecule has 0 aliphatic rings. The van der Waals surface area contributed by atoms with Crippen LogP contribution in [0.4, 0.5) is 0 Å². The van der Waals surface area contributed by atoms with Gasteiger partial charge in [0, 0.05) is 11.1 Å². The van der Waals surface area contributed by atoms with Gasteiger partial charge in [0.2, 0.25) is 0 Å². The number of allylic oxidation sites excluding steroid dienone is 4. The monoisotopic (exact) mass is 342 g/mol. The molecule has 0 spiro atoms. The second kappa shape index (κ2) is 11.9. The molecular weight excluding hydrogens is 312 g/mol. The second-order valence-electron chi connectivity index (χ2n) is 6.48. The fraction of sp³-hybridized carbons (Fsp3) is 0.308. The van der Waals surface area contributed by atoms with E-state index in [0.29, 0.717) is 0 Å². The standard InChI is InChI=1S/C26H30/c1-3-5-7-9-11-23-13-17-25(18-14-23)21-22-26-19-15-24(16-20-26)12-10-8-6-4-2/h5-8,13-20H,3-4,9-12H2,1-2H3. The third-order valence-electron chi connectivity index (χ3n) is 4.26. The zero-order chi connectivity index (χ0) is 18.5. The van der Waals surface area contributed by atoms with Crippen LogP contribution in [0.15, 0.2) is 72.8 Å². The number of benzene rings is 2. The van der Waals surface area contributed by atoms with Crippen LogP contribution in [0.3, 0.4) is 0 Å². The van der Waals surface area contributed by atoms with Crippen LogP contribution in [0.25, 0.3) is 0 Å². The van der Waals surface area contributed by atoms with Crippen LogP contribution in [-0.2, 0) is 12.8 Å². The minimum absolute atomic E-state index is 1.08. The average Bonchev–Trinajstić information content (AvgIpc) is 2.69. The Morgan fingerprint density at radius 3 is 1.31 bits per heavy atom. The molecule has 0 heteroatoms. The molecule has 0 bridgehead atoms. The van der Waals surface area contributed by atoms with Crippen molar-refractivity contribution in [1.29, 1.82) is 0 Å². The fourth-order valence-electron chi connectivity index (χ4n) is 2.72. The van der Waals surface area contributed by atoms with Crippen LogP contribution in [0.5, 0.6) is 0 Å². The molecule has 2 aromatic rings. The lowest BCUT2D eigenvalue weighted by molar-refractivity contribution is 0.991. The van der Waals surface area contributed by atoms with Crippen LogP contribution in [0.1, 0.15) is 61.8 Å². The zero-order valence-corrected chi connectivity index (χ0v) is 16.2. The molecule has 134 valence electrons. The summed E-state index contributed by atoms with van der Waals surface area (Å²) in [5.74, 6) is 6.54. The van der Waals surface area contributed by atoms with Crippen molar-refractivity contribution >= 4 is 0 Å². The second-order valence-corrected chi connectivity index (χ2v) is 6.48. The van der Waals surface area contributed by atoms with E-state index in [0.717, 1.165) is 49.7 Å². The molecule has 2 aromatic carbocycles. The highest BCUT2D eigenvalue weighted by atomic mass is 14.0. The van der Waals surface area contributed by atoms with Crippen molar-refractivity contribution in [1.82, 2.24) is 0 Å². The molecule has 0 atom stereocenters. The Labute approximate surface area is 159 Å². The Kier molecular flexibility index (Phi) is 9.09. The Morgan fingerprint density at radius 2 is 0.962 bits per heavy atom. The maximum Gasteiger partial charge on any atom is 0.0249 e. The minimum Gasteiger partial charge on any atom is -0.0888 e.